The summed E-state index contributed by atoms with van der Waals surface area (Å²) in [5, 5.41) is 11.5. The third-order valence-corrected chi connectivity index (χ3v) is 3.69. The SMILES string of the molecule is CC1(CNC(=O)C2CC2C(=O)O)CCC1. The van der Waals surface area contributed by atoms with Crippen LogP contribution in [0.2, 0.25) is 0 Å². The number of hydrogen-bond donors (Lipinski definition) is 2. The van der Waals surface area contributed by atoms with Gasteiger partial charge in [-0.3, -0.25) is 9.59 Å². The van der Waals surface area contributed by atoms with Gasteiger partial charge in [0.15, 0.2) is 0 Å². The van der Waals surface area contributed by atoms with Crippen LogP contribution in [0.1, 0.15) is 32.6 Å². The van der Waals surface area contributed by atoms with Gasteiger partial charge in [0.1, 0.15) is 0 Å². The lowest BCUT2D eigenvalue weighted by Crippen LogP contribution is -2.40. The minimum absolute atomic E-state index is 0.0736. The van der Waals surface area contributed by atoms with Crippen molar-refractivity contribution in [2.75, 3.05) is 6.54 Å². The van der Waals surface area contributed by atoms with Crippen LogP contribution < -0.4 is 5.32 Å². The number of aliphatic carboxylic acids is 1. The van der Waals surface area contributed by atoms with Gasteiger partial charge in [0.05, 0.1) is 11.8 Å². The largest absolute Gasteiger partial charge is 0.481 e. The Morgan fingerprint density at radius 3 is 2.47 bits per heavy atom. The van der Waals surface area contributed by atoms with Gasteiger partial charge in [0, 0.05) is 6.54 Å². The summed E-state index contributed by atoms with van der Waals surface area (Å²) in [6, 6.07) is 0. The minimum atomic E-state index is -0.843. The summed E-state index contributed by atoms with van der Waals surface area (Å²) in [4.78, 5) is 22.1. The van der Waals surface area contributed by atoms with E-state index in [0.29, 0.717) is 13.0 Å². The molecule has 2 N–H and O–H groups in total. The van der Waals surface area contributed by atoms with E-state index in [4.69, 9.17) is 5.11 Å². The highest BCUT2D eigenvalue weighted by Crippen LogP contribution is 2.41. The van der Waals surface area contributed by atoms with Gasteiger partial charge in [-0.05, 0) is 24.7 Å². The fourth-order valence-corrected chi connectivity index (χ4v) is 2.15. The topological polar surface area (TPSA) is 66.4 Å². The zero-order valence-corrected chi connectivity index (χ0v) is 8.95. The first-order valence-corrected chi connectivity index (χ1v) is 5.52. The molecule has 0 aromatic rings. The van der Waals surface area contributed by atoms with E-state index in [9.17, 15) is 9.59 Å². The lowest BCUT2D eigenvalue weighted by atomic mass is 9.70. The Morgan fingerprint density at radius 1 is 1.40 bits per heavy atom. The summed E-state index contributed by atoms with van der Waals surface area (Å²) in [6.07, 6.45) is 4.09. The Kier molecular flexibility index (Phi) is 2.44. The smallest absolute Gasteiger partial charge is 0.307 e. The Labute approximate surface area is 89.0 Å². The van der Waals surface area contributed by atoms with Crippen LogP contribution in [0.3, 0.4) is 0 Å². The number of carboxylic acid groups (broad SMARTS) is 1. The Bertz CT molecular complexity index is 296. The molecule has 2 unspecified atom stereocenters. The first-order chi connectivity index (χ1) is 7.02. The number of carbonyl (C=O) groups excluding carboxylic acids is 1. The maximum absolute atomic E-state index is 11.5. The molecule has 84 valence electrons. The number of hydrogen-bond acceptors (Lipinski definition) is 2. The van der Waals surface area contributed by atoms with Crippen LogP contribution in [0.25, 0.3) is 0 Å². The second-order valence-corrected chi connectivity index (χ2v) is 5.17. The first kappa shape index (κ1) is 10.5. The van der Waals surface area contributed by atoms with Crippen molar-refractivity contribution in [2.24, 2.45) is 17.3 Å². The van der Waals surface area contributed by atoms with E-state index in [-0.39, 0.29) is 17.2 Å². The predicted octanol–water partition coefficient (Wildman–Crippen LogP) is 1.01. The molecule has 1 amide bonds. The van der Waals surface area contributed by atoms with Crippen LogP contribution in [0.4, 0.5) is 0 Å². The van der Waals surface area contributed by atoms with Crippen molar-refractivity contribution >= 4 is 11.9 Å². The molecule has 4 nitrogen and oxygen atoms in total. The quantitative estimate of drug-likeness (QED) is 0.729. The number of nitrogens with one attached hydrogen (secondary N) is 1. The van der Waals surface area contributed by atoms with Crippen LogP contribution in [0, 0.1) is 17.3 Å². The number of carboxylic acids is 1. The minimum Gasteiger partial charge on any atom is -0.481 e. The summed E-state index contributed by atoms with van der Waals surface area (Å²) in [5.74, 6) is -1.62. The second kappa shape index (κ2) is 3.51. The van der Waals surface area contributed by atoms with E-state index in [2.05, 4.69) is 12.2 Å². The molecule has 4 heteroatoms. The molecular weight excluding hydrogens is 194 g/mol. The maximum Gasteiger partial charge on any atom is 0.307 e. The fourth-order valence-electron chi connectivity index (χ4n) is 2.15. The van der Waals surface area contributed by atoms with E-state index in [1.165, 1.54) is 19.3 Å². The normalized spacial score (nSPS) is 31.5. The van der Waals surface area contributed by atoms with E-state index in [0.717, 1.165) is 0 Å². The number of amides is 1. The van der Waals surface area contributed by atoms with Crippen molar-refractivity contribution in [3.63, 3.8) is 0 Å². The van der Waals surface area contributed by atoms with Crippen LogP contribution in [0.5, 0.6) is 0 Å². The van der Waals surface area contributed by atoms with Gasteiger partial charge in [0.2, 0.25) is 5.91 Å². The third-order valence-electron chi connectivity index (χ3n) is 3.69. The molecule has 0 aromatic heterocycles. The molecule has 0 heterocycles. The van der Waals surface area contributed by atoms with Crippen LogP contribution in [-0.4, -0.2) is 23.5 Å². The van der Waals surface area contributed by atoms with E-state index in [1.54, 1.807) is 0 Å². The molecule has 2 fully saturated rings. The second-order valence-electron chi connectivity index (χ2n) is 5.17. The lowest BCUT2D eigenvalue weighted by molar-refractivity contribution is -0.140. The standard InChI is InChI=1S/C11H17NO3/c1-11(3-2-4-11)6-12-9(13)7-5-8(7)10(14)15/h7-8H,2-6H2,1H3,(H,12,13)(H,14,15). The molecule has 0 radical (unpaired) electrons. The molecule has 0 spiro atoms. The first-order valence-electron chi connectivity index (χ1n) is 5.52. The summed E-state index contributed by atoms with van der Waals surface area (Å²) < 4.78 is 0. The molecule has 0 aliphatic heterocycles. The van der Waals surface area contributed by atoms with Crippen molar-refractivity contribution in [3.05, 3.63) is 0 Å². The molecule has 2 rings (SSSR count). The number of rotatable bonds is 4. The van der Waals surface area contributed by atoms with Gasteiger partial charge in [0.25, 0.3) is 0 Å². The van der Waals surface area contributed by atoms with Crippen LogP contribution in [-0.2, 0) is 9.59 Å². The zero-order valence-electron chi connectivity index (χ0n) is 8.95. The molecule has 2 aliphatic carbocycles. The molecule has 0 saturated heterocycles. The molecule has 0 aromatic carbocycles. The fraction of sp³-hybridized carbons (Fsp3) is 0.818. The summed E-state index contributed by atoms with van der Waals surface area (Å²) in [6.45, 7) is 2.87. The van der Waals surface area contributed by atoms with E-state index >= 15 is 0 Å². The maximum atomic E-state index is 11.5. The van der Waals surface area contributed by atoms with Crippen molar-refractivity contribution < 1.29 is 14.7 Å². The Morgan fingerprint density at radius 2 is 2.07 bits per heavy atom. The molecule has 2 aliphatic rings. The van der Waals surface area contributed by atoms with Gasteiger partial charge in [-0.2, -0.15) is 0 Å². The van der Waals surface area contributed by atoms with Crippen molar-refractivity contribution in [3.8, 4) is 0 Å². The zero-order chi connectivity index (χ0) is 11.1. The average Bonchev–Trinajstić information content (AvgIpc) is 2.90. The highest BCUT2D eigenvalue weighted by Gasteiger charge is 2.48. The summed E-state index contributed by atoms with van der Waals surface area (Å²) in [7, 11) is 0. The van der Waals surface area contributed by atoms with Gasteiger partial charge in [-0.1, -0.05) is 13.3 Å². The van der Waals surface area contributed by atoms with Crippen molar-refractivity contribution in [1.29, 1.82) is 0 Å². The van der Waals surface area contributed by atoms with Gasteiger partial charge in [-0.25, -0.2) is 0 Å². The summed E-state index contributed by atoms with van der Waals surface area (Å²) in [5.41, 5.74) is 0.267. The lowest BCUT2D eigenvalue weighted by Gasteiger charge is -2.38. The monoisotopic (exact) mass is 211 g/mol. The molecular formula is C11H17NO3. The number of carbonyl (C=O) groups is 2. The summed E-state index contributed by atoms with van der Waals surface area (Å²) >= 11 is 0. The van der Waals surface area contributed by atoms with Crippen LogP contribution in [0.15, 0.2) is 0 Å². The third kappa shape index (κ3) is 2.13. The van der Waals surface area contributed by atoms with Crippen molar-refractivity contribution in [1.82, 2.24) is 5.32 Å². The average molecular weight is 211 g/mol. The van der Waals surface area contributed by atoms with Gasteiger partial charge < -0.3 is 10.4 Å². The molecule has 15 heavy (non-hydrogen) atoms. The Hall–Kier alpha value is -1.06. The van der Waals surface area contributed by atoms with E-state index in [1.807, 2.05) is 0 Å². The highest BCUT2D eigenvalue weighted by molar-refractivity contribution is 5.89. The van der Waals surface area contributed by atoms with Gasteiger partial charge >= 0.3 is 5.97 Å². The Balaban J connectivity index is 1.72. The van der Waals surface area contributed by atoms with Crippen molar-refractivity contribution in [2.45, 2.75) is 32.6 Å². The van der Waals surface area contributed by atoms with E-state index < -0.39 is 11.9 Å². The van der Waals surface area contributed by atoms with Crippen LogP contribution >= 0.6 is 0 Å². The molecule has 2 saturated carbocycles. The molecule has 0 bridgehead atoms. The predicted molar refractivity (Wildman–Crippen MR) is 54.2 cm³/mol. The van der Waals surface area contributed by atoms with Gasteiger partial charge in [-0.15, -0.1) is 0 Å². The highest BCUT2D eigenvalue weighted by atomic mass is 16.4. The molecule has 2 atom stereocenters.